The summed E-state index contributed by atoms with van der Waals surface area (Å²) in [4.78, 5) is 21.1. The molecule has 2 heterocycles. The molecule has 0 atom stereocenters. The molecule has 5 heteroatoms. The number of aryl methyl sites for hydroxylation is 1. The maximum Gasteiger partial charge on any atom is 0.255 e. The molecule has 0 aliphatic carbocycles. The third kappa shape index (κ3) is 2.87. The maximum atomic E-state index is 12.4. The summed E-state index contributed by atoms with van der Waals surface area (Å²) in [6.07, 6.45) is 3.28. The van der Waals surface area contributed by atoms with E-state index < -0.39 is 0 Å². The largest absolute Gasteiger partial charge is 0.327 e. The van der Waals surface area contributed by atoms with E-state index in [2.05, 4.69) is 10.3 Å². The molecule has 4 rings (SSSR count). The van der Waals surface area contributed by atoms with E-state index in [1.54, 1.807) is 24.5 Å². The fourth-order valence-corrected chi connectivity index (χ4v) is 2.83. The summed E-state index contributed by atoms with van der Waals surface area (Å²) < 4.78 is 2.04. The average molecular weight is 328 g/mol. The number of hydrogen-bond acceptors (Lipinski definition) is 3. The van der Waals surface area contributed by atoms with Crippen LogP contribution in [0.4, 0.5) is 5.69 Å². The molecule has 25 heavy (non-hydrogen) atoms. The van der Waals surface area contributed by atoms with Gasteiger partial charge in [0.15, 0.2) is 0 Å². The number of rotatable bonds is 3. The lowest BCUT2D eigenvalue weighted by Crippen LogP contribution is -2.11. The molecular weight excluding hydrogens is 312 g/mol. The van der Waals surface area contributed by atoms with Crippen molar-refractivity contribution in [3.8, 4) is 11.4 Å². The van der Waals surface area contributed by atoms with E-state index in [4.69, 9.17) is 4.98 Å². The zero-order chi connectivity index (χ0) is 17.2. The van der Waals surface area contributed by atoms with Gasteiger partial charge in [0.1, 0.15) is 5.82 Å². The second-order valence-electron chi connectivity index (χ2n) is 5.76. The Hall–Kier alpha value is -3.47. The minimum Gasteiger partial charge on any atom is -0.327 e. The molecule has 4 aromatic rings. The van der Waals surface area contributed by atoms with E-state index in [0.29, 0.717) is 11.3 Å². The smallest absolute Gasteiger partial charge is 0.255 e. The topological polar surface area (TPSA) is 59.8 Å². The zero-order valence-corrected chi connectivity index (χ0v) is 13.7. The van der Waals surface area contributed by atoms with E-state index in [1.165, 1.54) is 0 Å². The summed E-state index contributed by atoms with van der Waals surface area (Å²) in [5, 5.41) is 2.84. The van der Waals surface area contributed by atoms with Crippen LogP contribution in [0.1, 0.15) is 10.4 Å². The van der Waals surface area contributed by atoms with Crippen molar-refractivity contribution in [3.63, 3.8) is 0 Å². The number of carbonyl (C=O) groups excluding carboxylic acids is 1. The highest BCUT2D eigenvalue weighted by molar-refractivity contribution is 6.06. The number of nitrogens with one attached hydrogen (secondary N) is 1. The molecule has 1 N–H and O–H groups in total. The molecule has 1 amide bonds. The van der Waals surface area contributed by atoms with E-state index in [9.17, 15) is 4.79 Å². The molecule has 0 aliphatic rings. The lowest BCUT2D eigenvalue weighted by atomic mass is 10.2. The molecule has 0 radical (unpaired) electrons. The summed E-state index contributed by atoms with van der Waals surface area (Å²) >= 11 is 0. The second-order valence-corrected chi connectivity index (χ2v) is 5.76. The number of amides is 1. The van der Waals surface area contributed by atoms with Gasteiger partial charge in [-0.15, -0.1) is 0 Å². The minimum atomic E-state index is -0.179. The van der Waals surface area contributed by atoms with Gasteiger partial charge in [0.2, 0.25) is 0 Å². The number of carbonyl (C=O) groups is 1. The number of imidazole rings is 1. The number of fused-ring (bicyclic) bond motifs is 1. The molecule has 2 aromatic carbocycles. The molecular formula is C20H16N4O. The van der Waals surface area contributed by atoms with Crippen molar-refractivity contribution in [1.29, 1.82) is 0 Å². The highest BCUT2D eigenvalue weighted by Gasteiger charge is 2.13. The van der Waals surface area contributed by atoms with Gasteiger partial charge in [-0.25, -0.2) is 4.98 Å². The average Bonchev–Trinajstić information content (AvgIpc) is 2.99. The Bertz CT molecular complexity index is 1040. The van der Waals surface area contributed by atoms with Crippen molar-refractivity contribution in [2.45, 2.75) is 0 Å². The van der Waals surface area contributed by atoms with Gasteiger partial charge in [-0.3, -0.25) is 9.78 Å². The van der Waals surface area contributed by atoms with E-state index in [0.717, 1.165) is 22.4 Å². The summed E-state index contributed by atoms with van der Waals surface area (Å²) in [5.41, 5.74) is 4.05. The Kier molecular flexibility index (Phi) is 3.74. The summed E-state index contributed by atoms with van der Waals surface area (Å²) in [6.45, 7) is 0. The number of anilines is 1. The molecule has 5 nitrogen and oxygen atoms in total. The Morgan fingerprint density at radius 3 is 2.64 bits per heavy atom. The summed E-state index contributed by atoms with van der Waals surface area (Å²) in [7, 11) is 1.98. The molecule has 0 spiro atoms. The van der Waals surface area contributed by atoms with Crippen molar-refractivity contribution >= 4 is 22.6 Å². The van der Waals surface area contributed by atoms with Crippen LogP contribution >= 0.6 is 0 Å². The normalized spacial score (nSPS) is 10.8. The number of benzene rings is 2. The molecule has 0 unspecified atom stereocenters. The fourth-order valence-electron chi connectivity index (χ4n) is 2.83. The van der Waals surface area contributed by atoms with Crippen molar-refractivity contribution in [1.82, 2.24) is 14.5 Å². The number of pyridine rings is 1. The number of nitrogens with zero attached hydrogens (tertiary/aromatic N) is 3. The van der Waals surface area contributed by atoms with Crippen molar-refractivity contribution in [3.05, 3.63) is 78.6 Å². The molecule has 0 saturated heterocycles. The van der Waals surface area contributed by atoms with Crippen LogP contribution in [-0.4, -0.2) is 20.4 Å². The van der Waals surface area contributed by atoms with Gasteiger partial charge in [0.05, 0.1) is 22.9 Å². The first-order valence-electron chi connectivity index (χ1n) is 7.95. The van der Waals surface area contributed by atoms with E-state index in [-0.39, 0.29) is 5.91 Å². The van der Waals surface area contributed by atoms with Crippen LogP contribution in [-0.2, 0) is 7.05 Å². The summed E-state index contributed by atoms with van der Waals surface area (Å²) in [6, 6.07) is 19.1. The third-order valence-electron chi connectivity index (χ3n) is 4.09. The zero-order valence-electron chi connectivity index (χ0n) is 13.7. The molecule has 0 fully saturated rings. The molecule has 2 aromatic heterocycles. The van der Waals surface area contributed by atoms with Crippen LogP contribution < -0.4 is 5.32 Å². The maximum absolute atomic E-state index is 12.4. The van der Waals surface area contributed by atoms with Crippen LogP contribution in [0, 0.1) is 0 Å². The van der Waals surface area contributed by atoms with E-state index >= 15 is 0 Å². The lowest BCUT2D eigenvalue weighted by molar-refractivity contribution is 0.102. The van der Waals surface area contributed by atoms with Crippen LogP contribution in [0.3, 0.4) is 0 Å². The van der Waals surface area contributed by atoms with Crippen molar-refractivity contribution in [2.75, 3.05) is 5.32 Å². The first-order chi connectivity index (χ1) is 12.2. The summed E-state index contributed by atoms with van der Waals surface area (Å²) in [5.74, 6) is 0.697. The van der Waals surface area contributed by atoms with Crippen molar-refractivity contribution in [2.24, 2.45) is 7.05 Å². The van der Waals surface area contributed by atoms with Crippen LogP contribution in [0.5, 0.6) is 0 Å². The first kappa shape index (κ1) is 15.1. The van der Waals surface area contributed by atoms with Gasteiger partial charge >= 0.3 is 0 Å². The lowest BCUT2D eigenvalue weighted by Gasteiger charge is -2.05. The van der Waals surface area contributed by atoms with Crippen molar-refractivity contribution < 1.29 is 4.79 Å². The molecule has 122 valence electrons. The first-order valence-corrected chi connectivity index (χ1v) is 7.95. The molecule has 0 saturated carbocycles. The Labute approximate surface area is 145 Å². The predicted molar refractivity (Wildman–Crippen MR) is 98.3 cm³/mol. The number of aromatic nitrogens is 3. The SMILES string of the molecule is Cn1c(-c2ccccc2)nc2cc(C(=O)Nc3cccnc3)ccc21. The number of hydrogen-bond donors (Lipinski definition) is 1. The fraction of sp³-hybridized carbons (Fsp3) is 0.0500. The Balaban J connectivity index is 1.70. The highest BCUT2D eigenvalue weighted by Crippen LogP contribution is 2.24. The van der Waals surface area contributed by atoms with Crippen LogP contribution in [0.15, 0.2) is 73.1 Å². The van der Waals surface area contributed by atoms with Gasteiger partial charge in [0.25, 0.3) is 5.91 Å². The second kappa shape index (κ2) is 6.20. The van der Waals surface area contributed by atoms with Crippen LogP contribution in [0.2, 0.25) is 0 Å². The highest BCUT2D eigenvalue weighted by atomic mass is 16.1. The third-order valence-corrected chi connectivity index (χ3v) is 4.09. The van der Waals surface area contributed by atoms with Gasteiger partial charge in [-0.1, -0.05) is 30.3 Å². The van der Waals surface area contributed by atoms with Gasteiger partial charge < -0.3 is 9.88 Å². The van der Waals surface area contributed by atoms with Gasteiger partial charge in [0, 0.05) is 24.4 Å². The molecule has 0 aliphatic heterocycles. The Morgan fingerprint density at radius 1 is 1.04 bits per heavy atom. The van der Waals surface area contributed by atoms with Gasteiger partial charge in [-0.2, -0.15) is 0 Å². The van der Waals surface area contributed by atoms with Gasteiger partial charge in [-0.05, 0) is 30.3 Å². The Morgan fingerprint density at radius 2 is 1.88 bits per heavy atom. The van der Waals surface area contributed by atoms with Crippen LogP contribution in [0.25, 0.3) is 22.4 Å². The quantitative estimate of drug-likeness (QED) is 0.621. The minimum absolute atomic E-state index is 0.179. The monoisotopic (exact) mass is 328 g/mol. The molecule has 0 bridgehead atoms. The van der Waals surface area contributed by atoms with E-state index in [1.807, 2.05) is 60.1 Å². The predicted octanol–water partition coefficient (Wildman–Crippen LogP) is 3.89. The standard InChI is InChI=1S/C20H16N4O/c1-24-18-10-9-15(20(25)22-16-8-5-11-21-13-16)12-17(18)23-19(24)14-6-3-2-4-7-14/h2-13H,1H3,(H,22,25).